The molecule has 1 aromatic carbocycles. The summed E-state index contributed by atoms with van der Waals surface area (Å²) in [6.45, 7) is 1.60. The normalized spacial score (nSPS) is 10.4. The van der Waals surface area contributed by atoms with Crippen LogP contribution in [0.2, 0.25) is 0 Å². The standard InChI is InChI=1S/C13H16N4O2S.ClH/c1-16(9-12-8-15-13(14)20-12)6-5-10-3-2-4-11(7-10)17(18)19;/h2-4,7-8H,5-6,9H2,1H3,(H2,14,15);1H. The fraction of sp³-hybridized carbons (Fsp3) is 0.308. The molecular formula is C13H17ClN4O2S. The number of nitrogens with zero attached hydrogens (tertiary/aromatic N) is 3. The molecule has 0 saturated carbocycles. The number of nitro groups is 1. The zero-order valence-corrected chi connectivity index (χ0v) is 13.2. The minimum absolute atomic E-state index is 0. The topological polar surface area (TPSA) is 85.3 Å². The van der Waals surface area contributed by atoms with Gasteiger partial charge in [0, 0.05) is 36.3 Å². The smallest absolute Gasteiger partial charge is 0.269 e. The Morgan fingerprint density at radius 1 is 1.48 bits per heavy atom. The maximum absolute atomic E-state index is 10.7. The minimum Gasteiger partial charge on any atom is -0.375 e. The van der Waals surface area contributed by atoms with Crippen molar-refractivity contribution in [2.45, 2.75) is 13.0 Å². The lowest BCUT2D eigenvalue weighted by atomic mass is 10.1. The second kappa shape index (κ2) is 7.92. The monoisotopic (exact) mass is 328 g/mol. The van der Waals surface area contributed by atoms with Gasteiger partial charge < -0.3 is 10.6 Å². The van der Waals surface area contributed by atoms with E-state index < -0.39 is 0 Å². The number of hydrogen-bond donors (Lipinski definition) is 1. The van der Waals surface area contributed by atoms with Crippen LogP contribution in [0.25, 0.3) is 0 Å². The molecule has 6 nitrogen and oxygen atoms in total. The molecule has 0 spiro atoms. The van der Waals surface area contributed by atoms with Gasteiger partial charge in [-0.1, -0.05) is 12.1 Å². The van der Waals surface area contributed by atoms with Crippen LogP contribution in [0.5, 0.6) is 0 Å². The van der Waals surface area contributed by atoms with Gasteiger partial charge in [0.15, 0.2) is 5.13 Å². The molecule has 8 heteroatoms. The number of benzene rings is 1. The number of nitrogens with two attached hydrogens (primary N) is 1. The molecule has 0 aliphatic rings. The molecule has 1 aromatic heterocycles. The van der Waals surface area contributed by atoms with E-state index in [1.165, 1.54) is 17.4 Å². The Kier molecular flexibility index (Phi) is 6.54. The van der Waals surface area contributed by atoms with E-state index in [-0.39, 0.29) is 23.0 Å². The molecule has 114 valence electrons. The average Bonchev–Trinajstić information content (AvgIpc) is 2.82. The van der Waals surface area contributed by atoms with Crippen molar-refractivity contribution in [3.05, 3.63) is 51.0 Å². The summed E-state index contributed by atoms with van der Waals surface area (Å²) in [6, 6.07) is 6.76. The molecule has 0 fully saturated rings. The highest BCUT2D eigenvalue weighted by Crippen LogP contribution is 2.17. The number of aromatic nitrogens is 1. The van der Waals surface area contributed by atoms with Crippen molar-refractivity contribution in [2.24, 2.45) is 0 Å². The van der Waals surface area contributed by atoms with E-state index in [0.29, 0.717) is 5.13 Å². The summed E-state index contributed by atoms with van der Waals surface area (Å²) in [7, 11) is 2.01. The number of thiazole rings is 1. The van der Waals surface area contributed by atoms with Gasteiger partial charge in [-0.2, -0.15) is 0 Å². The van der Waals surface area contributed by atoms with Crippen LogP contribution in [-0.2, 0) is 13.0 Å². The first-order chi connectivity index (χ1) is 9.54. The van der Waals surface area contributed by atoms with E-state index >= 15 is 0 Å². The Labute approximate surface area is 133 Å². The third-order valence-corrected chi connectivity index (χ3v) is 3.71. The van der Waals surface area contributed by atoms with Gasteiger partial charge in [0.1, 0.15) is 0 Å². The van der Waals surface area contributed by atoms with Crippen LogP contribution in [-0.4, -0.2) is 28.4 Å². The van der Waals surface area contributed by atoms with Crippen LogP contribution in [0.1, 0.15) is 10.4 Å². The summed E-state index contributed by atoms with van der Waals surface area (Å²) in [6.07, 6.45) is 2.55. The van der Waals surface area contributed by atoms with Crippen molar-refractivity contribution < 1.29 is 4.92 Å². The molecule has 0 saturated heterocycles. The first kappa shape index (κ1) is 17.4. The van der Waals surface area contributed by atoms with Gasteiger partial charge in [-0.25, -0.2) is 4.98 Å². The lowest BCUT2D eigenvalue weighted by Crippen LogP contribution is -2.20. The summed E-state index contributed by atoms with van der Waals surface area (Å²) < 4.78 is 0. The van der Waals surface area contributed by atoms with Crippen molar-refractivity contribution in [3.63, 3.8) is 0 Å². The highest BCUT2D eigenvalue weighted by atomic mass is 35.5. The van der Waals surface area contributed by atoms with Gasteiger partial charge in [0.05, 0.1) is 4.92 Å². The predicted octanol–water partition coefficient (Wildman–Crippen LogP) is 2.73. The Morgan fingerprint density at radius 3 is 2.86 bits per heavy atom. The number of nitrogen functional groups attached to an aromatic ring is 1. The van der Waals surface area contributed by atoms with E-state index in [1.807, 2.05) is 13.1 Å². The number of hydrogen-bond acceptors (Lipinski definition) is 6. The largest absolute Gasteiger partial charge is 0.375 e. The second-order valence-corrected chi connectivity index (χ2v) is 5.73. The third-order valence-electron chi connectivity index (χ3n) is 2.90. The molecule has 2 N–H and O–H groups in total. The summed E-state index contributed by atoms with van der Waals surface area (Å²) in [5, 5.41) is 11.3. The third kappa shape index (κ3) is 5.30. The molecule has 21 heavy (non-hydrogen) atoms. The fourth-order valence-electron chi connectivity index (χ4n) is 1.89. The van der Waals surface area contributed by atoms with Crippen LogP contribution < -0.4 is 5.73 Å². The summed E-state index contributed by atoms with van der Waals surface area (Å²) in [4.78, 5) is 17.6. The molecule has 0 aliphatic heterocycles. The molecule has 0 amide bonds. The zero-order chi connectivity index (χ0) is 14.5. The SMILES string of the molecule is CN(CCc1cccc([N+](=O)[O-])c1)Cc1cnc(N)s1.Cl. The maximum atomic E-state index is 10.7. The molecule has 0 bridgehead atoms. The predicted molar refractivity (Wildman–Crippen MR) is 86.9 cm³/mol. The minimum atomic E-state index is -0.368. The lowest BCUT2D eigenvalue weighted by molar-refractivity contribution is -0.384. The fourth-order valence-corrected chi connectivity index (χ4v) is 2.65. The number of nitro benzene ring substituents is 1. The van der Waals surface area contributed by atoms with E-state index in [0.717, 1.165) is 30.0 Å². The number of non-ortho nitro benzene ring substituents is 1. The van der Waals surface area contributed by atoms with Crippen LogP contribution >= 0.6 is 23.7 Å². The van der Waals surface area contributed by atoms with E-state index in [1.54, 1.807) is 18.3 Å². The number of likely N-dealkylation sites (N-methyl/N-ethyl adjacent to an activating group) is 1. The van der Waals surface area contributed by atoms with Gasteiger partial charge in [-0.05, 0) is 19.0 Å². The van der Waals surface area contributed by atoms with Gasteiger partial charge in [0.25, 0.3) is 5.69 Å². The first-order valence-electron chi connectivity index (χ1n) is 6.16. The quantitative estimate of drug-likeness (QED) is 0.651. The Bertz CT molecular complexity index is 605. The van der Waals surface area contributed by atoms with Crippen LogP contribution in [0, 0.1) is 10.1 Å². The van der Waals surface area contributed by atoms with Crippen LogP contribution in [0.4, 0.5) is 10.8 Å². The molecule has 0 unspecified atom stereocenters. The molecule has 0 radical (unpaired) electrons. The van der Waals surface area contributed by atoms with Crippen LogP contribution in [0.15, 0.2) is 30.5 Å². The van der Waals surface area contributed by atoms with E-state index in [4.69, 9.17) is 5.73 Å². The summed E-state index contributed by atoms with van der Waals surface area (Å²) in [5.74, 6) is 0. The Balaban J connectivity index is 0.00000220. The first-order valence-corrected chi connectivity index (χ1v) is 6.98. The van der Waals surface area contributed by atoms with Gasteiger partial charge in [-0.15, -0.1) is 23.7 Å². The van der Waals surface area contributed by atoms with Gasteiger partial charge in [0.2, 0.25) is 0 Å². The number of rotatable bonds is 6. The van der Waals surface area contributed by atoms with E-state index in [9.17, 15) is 10.1 Å². The summed E-state index contributed by atoms with van der Waals surface area (Å²) in [5.41, 5.74) is 6.70. The van der Waals surface area contributed by atoms with Crippen LogP contribution in [0.3, 0.4) is 0 Å². The lowest BCUT2D eigenvalue weighted by Gasteiger charge is -2.15. The summed E-state index contributed by atoms with van der Waals surface area (Å²) >= 11 is 1.48. The molecular weight excluding hydrogens is 312 g/mol. The molecule has 1 heterocycles. The molecule has 2 rings (SSSR count). The van der Waals surface area contributed by atoms with E-state index in [2.05, 4.69) is 9.88 Å². The Morgan fingerprint density at radius 2 is 2.24 bits per heavy atom. The molecule has 0 aliphatic carbocycles. The zero-order valence-electron chi connectivity index (χ0n) is 11.6. The second-order valence-electron chi connectivity index (χ2n) is 4.58. The van der Waals surface area contributed by atoms with Crippen molar-refractivity contribution in [3.8, 4) is 0 Å². The molecule has 2 aromatic rings. The highest BCUT2D eigenvalue weighted by molar-refractivity contribution is 7.15. The van der Waals surface area contributed by atoms with Gasteiger partial charge in [-0.3, -0.25) is 10.1 Å². The van der Waals surface area contributed by atoms with Crippen molar-refractivity contribution in [1.82, 2.24) is 9.88 Å². The average molecular weight is 329 g/mol. The highest BCUT2D eigenvalue weighted by Gasteiger charge is 2.07. The number of halogens is 1. The van der Waals surface area contributed by atoms with Crippen molar-refractivity contribution >= 4 is 34.6 Å². The maximum Gasteiger partial charge on any atom is 0.269 e. The Hall–Kier alpha value is -1.70. The number of anilines is 1. The van der Waals surface area contributed by atoms with Crippen molar-refractivity contribution in [2.75, 3.05) is 19.3 Å². The van der Waals surface area contributed by atoms with Gasteiger partial charge >= 0.3 is 0 Å². The van der Waals surface area contributed by atoms with Crippen molar-refractivity contribution in [1.29, 1.82) is 0 Å². The molecule has 0 atom stereocenters.